The largest absolute Gasteiger partial charge is 0.508 e. The molecule has 0 radical (unpaired) electrons. The molecule has 8 heteroatoms. The zero-order valence-corrected chi connectivity index (χ0v) is 22.5. The molecule has 38 heavy (non-hydrogen) atoms. The summed E-state index contributed by atoms with van der Waals surface area (Å²) in [5.74, 6) is 0.165. The lowest BCUT2D eigenvalue weighted by molar-refractivity contribution is -0.116. The summed E-state index contributed by atoms with van der Waals surface area (Å²) in [6, 6.07) is 22.7. The van der Waals surface area contributed by atoms with Gasteiger partial charge in [-0.25, -0.2) is 0 Å². The van der Waals surface area contributed by atoms with Crippen LogP contribution in [0.2, 0.25) is 0 Å². The van der Waals surface area contributed by atoms with Gasteiger partial charge in [0, 0.05) is 41.9 Å². The second-order valence-electron chi connectivity index (χ2n) is 9.66. The number of aromatic hydroxyl groups is 1. The van der Waals surface area contributed by atoms with Crippen molar-refractivity contribution in [1.29, 1.82) is 0 Å². The highest BCUT2D eigenvalue weighted by atomic mass is 32.1. The van der Waals surface area contributed by atoms with Gasteiger partial charge in [0.15, 0.2) is 5.11 Å². The fourth-order valence-corrected chi connectivity index (χ4v) is 5.49. The summed E-state index contributed by atoms with van der Waals surface area (Å²) in [6.07, 6.45) is 2.08. The van der Waals surface area contributed by atoms with Gasteiger partial charge in [0.2, 0.25) is 5.91 Å². The average Bonchev–Trinajstić information content (AvgIpc) is 3.39. The first-order chi connectivity index (χ1) is 18.3. The molecule has 0 bridgehead atoms. The molecular formula is C30H31N5O2S. The van der Waals surface area contributed by atoms with Crippen LogP contribution in [-0.2, 0) is 4.79 Å². The lowest BCUT2D eigenvalue weighted by atomic mass is 9.96. The molecule has 1 fully saturated rings. The van der Waals surface area contributed by atoms with E-state index in [0.717, 1.165) is 39.6 Å². The van der Waals surface area contributed by atoms with Crippen LogP contribution in [0.25, 0.3) is 5.69 Å². The van der Waals surface area contributed by atoms with Gasteiger partial charge >= 0.3 is 0 Å². The molecule has 0 saturated carbocycles. The molecule has 0 spiro atoms. The average molecular weight is 526 g/mol. The van der Waals surface area contributed by atoms with Gasteiger partial charge in [-0.3, -0.25) is 9.78 Å². The molecule has 7 nitrogen and oxygen atoms in total. The molecule has 2 aromatic heterocycles. The highest BCUT2D eigenvalue weighted by molar-refractivity contribution is 7.80. The van der Waals surface area contributed by atoms with Crippen molar-refractivity contribution in [2.45, 2.75) is 39.3 Å². The highest BCUT2D eigenvalue weighted by Gasteiger charge is 2.41. The van der Waals surface area contributed by atoms with Crippen LogP contribution in [0.3, 0.4) is 0 Å². The number of rotatable bonds is 7. The number of aromatic nitrogens is 2. The second-order valence-corrected chi connectivity index (χ2v) is 10.0. The number of pyridine rings is 1. The lowest BCUT2D eigenvalue weighted by Crippen LogP contribution is -2.32. The number of carbonyl (C=O) groups is 1. The maximum Gasteiger partial charge on any atom is 0.226 e. The summed E-state index contributed by atoms with van der Waals surface area (Å²) in [4.78, 5) is 19.6. The maximum atomic E-state index is 12.9. The molecule has 1 aliphatic rings. The Hall–Kier alpha value is -4.17. The number of hydrogen-bond acceptors (Lipinski definition) is 4. The molecule has 3 N–H and O–H groups in total. The fourth-order valence-electron chi connectivity index (χ4n) is 5.15. The van der Waals surface area contributed by atoms with Gasteiger partial charge in [0.1, 0.15) is 5.75 Å². The SMILES string of the molecule is Cc1ccc(NC(=O)CCN2C(=S)NC(c3ccccn3)C2c2cc(C)n(-c3ccc(O)cc3)c2C)cc1. The zero-order chi connectivity index (χ0) is 26.8. The van der Waals surface area contributed by atoms with Crippen molar-refractivity contribution >= 4 is 28.9 Å². The van der Waals surface area contributed by atoms with E-state index in [1.807, 2.05) is 61.5 Å². The lowest BCUT2D eigenvalue weighted by Gasteiger charge is -2.28. The summed E-state index contributed by atoms with van der Waals surface area (Å²) in [5.41, 5.74) is 7.03. The first kappa shape index (κ1) is 25.5. The third-order valence-electron chi connectivity index (χ3n) is 7.01. The van der Waals surface area contributed by atoms with E-state index in [4.69, 9.17) is 12.2 Å². The van der Waals surface area contributed by atoms with Gasteiger partial charge in [0.05, 0.1) is 17.8 Å². The molecule has 2 atom stereocenters. The smallest absolute Gasteiger partial charge is 0.226 e. The molecule has 3 heterocycles. The van der Waals surface area contributed by atoms with Crippen LogP contribution < -0.4 is 10.6 Å². The third-order valence-corrected chi connectivity index (χ3v) is 7.36. The summed E-state index contributed by atoms with van der Waals surface area (Å²) >= 11 is 5.80. The predicted octanol–water partition coefficient (Wildman–Crippen LogP) is 5.50. The van der Waals surface area contributed by atoms with Gasteiger partial charge in [0.25, 0.3) is 0 Å². The van der Waals surface area contributed by atoms with E-state index < -0.39 is 0 Å². The zero-order valence-electron chi connectivity index (χ0n) is 21.7. The number of nitrogens with zero attached hydrogens (tertiary/aromatic N) is 3. The van der Waals surface area contributed by atoms with Gasteiger partial charge in [-0.1, -0.05) is 23.8 Å². The van der Waals surface area contributed by atoms with Gasteiger partial charge in [-0.05, 0) is 93.1 Å². The van der Waals surface area contributed by atoms with Crippen LogP contribution in [0.5, 0.6) is 5.75 Å². The van der Waals surface area contributed by atoms with Crippen molar-refractivity contribution in [3.63, 3.8) is 0 Å². The van der Waals surface area contributed by atoms with Crippen molar-refractivity contribution in [3.8, 4) is 11.4 Å². The molecule has 2 unspecified atom stereocenters. The van der Waals surface area contributed by atoms with Crippen molar-refractivity contribution < 1.29 is 9.90 Å². The number of nitrogens with one attached hydrogen (secondary N) is 2. The topological polar surface area (TPSA) is 82.4 Å². The number of carbonyl (C=O) groups excluding carboxylic acids is 1. The quantitative estimate of drug-likeness (QED) is 0.276. The molecule has 0 aliphatic carbocycles. The minimum atomic E-state index is -0.169. The van der Waals surface area contributed by atoms with E-state index in [1.165, 1.54) is 0 Å². The summed E-state index contributed by atoms with van der Waals surface area (Å²) in [6.45, 7) is 6.64. The Bertz CT molecular complexity index is 1450. The van der Waals surface area contributed by atoms with Crippen LogP contribution >= 0.6 is 12.2 Å². The molecule has 1 aliphatic heterocycles. The first-order valence-corrected chi connectivity index (χ1v) is 13.1. The minimum Gasteiger partial charge on any atom is -0.508 e. The van der Waals surface area contributed by atoms with Crippen molar-refractivity contribution in [2.75, 3.05) is 11.9 Å². The van der Waals surface area contributed by atoms with E-state index >= 15 is 0 Å². The number of thiocarbonyl (C=S) groups is 1. The van der Waals surface area contributed by atoms with Crippen LogP contribution in [-0.4, -0.2) is 37.1 Å². The monoisotopic (exact) mass is 525 g/mol. The number of phenols is 1. The van der Waals surface area contributed by atoms with Crippen LogP contribution in [0.4, 0.5) is 5.69 Å². The molecule has 194 valence electrons. The standard InChI is InChI=1S/C30H31N5O2S/c1-19-7-9-22(10-8-19)32-27(37)15-17-34-29(28(33-30(34)38)26-6-4-5-16-31-26)25-18-20(2)35(21(25)3)23-11-13-24(36)14-12-23/h4-14,16,18,28-29,36H,15,17H2,1-3H3,(H,32,37)(H,33,38). The number of amides is 1. The van der Waals surface area contributed by atoms with Gasteiger partial charge in [-0.15, -0.1) is 0 Å². The minimum absolute atomic E-state index is 0.0637. The highest BCUT2D eigenvalue weighted by Crippen LogP contribution is 2.41. The number of hydrogen-bond donors (Lipinski definition) is 3. The first-order valence-electron chi connectivity index (χ1n) is 12.6. The van der Waals surface area contributed by atoms with Gasteiger partial charge in [-0.2, -0.15) is 0 Å². The molecular weight excluding hydrogens is 494 g/mol. The van der Waals surface area contributed by atoms with Crippen molar-refractivity contribution in [3.05, 3.63) is 107 Å². The van der Waals surface area contributed by atoms with E-state index in [2.05, 4.69) is 45.0 Å². The number of benzene rings is 2. The predicted molar refractivity (Wildman–Crippen MR) is 153 cm³/mol. The van der Waals surface area contributed by atoms with E-state index in [-0.39, 0.29) is 30.2 Å². The van der Waals surface area contributed by atoms with E-state index in [9.17, 15) is 9.90 Å². The van der Waals surface area contributed by atoms with Crippen LogP contribution in [0.15, 0.2) is 79.0 Å². The van der Waals surface area contributed by atoms with Crippen molar-refractivity contribution in [1.82, 2.24) is 19.8 Å². The number of aryl methyl sites for hydroxylation is 2. The van der Waals surface area contributed by atoms with E-state index in [0.29, 0.717) is 11.7 Å². The molecule has 4 aromatic rings. The van der Waals surface area contributed by atoms with Crippen molar-refractivity contribution in [2.24, 2.45) is 0 Å². The Kier molecular flexibility index (Phi) is 7.15. The Labute approximate surface area is 228 Å². The van der Waals surface area contributed by atoms with Crippen LogP contribution in [0.1, 0.15) is 46.7 Å². The molecule has 2 aromatic carbocycles. The maximum absolute atomic E-state index is 12.9. The molecule has 5 rings (SSSR count). The Morgan fingerprint density at radius 3 is 2.47 bits per heavy atom. The molecule has 1 amide bonds. The summed E-state index contributed by atoms with van der Waals surface area (Å²) in [5, 5.41) is 16.8. The normalized spacial score (nSPS) is 16.9. The second kappa shape index (κ2) is 10.7. The number of anilines is 1. The third kappa shape index (κ3) is 5.13. The van der Waals surface area contributed by atoms with E-state index in [1.54, 1.807) is 18.3 Å². The molecule has 1 saturated heterocycles. The summed E-state index contributed by atoms with van der Waals surface area (Å²) < 4.78 is 2.17. The van der Waals surface area contributed by atoms with Crippen LogP contribution in [0, 0.1) is 20.8 Å². The summed E-state index contributed by atoms with van der Waals surface area (Å²) in [7, 11) is 0. The number of phenolic OH excluding ortho intramolecular Hbond substituents is 1. The Morgan fingerprint density at radius 2 is 1.79 bits per heavy atom. The van der Waals surface area contributed by atoms with Gasteiger partial charge < -0.3 is 25.2 Å². The Balaban J connectivity index is 1.46. The Morgan fingerprint density at radius 1 is 1.05 bits per heavy atom. The fraction of sp³-hybridized carbons (Fsp3) is 0.233.